The van der Waals surface area contributed by atoms with Crippen LogP contribution in [0.5, 0.6) is 0 Å². The van der Waals surface area contributed by atoms with Gasteiger partial charge in [-0.1, -0.05) is 17.7 Å². The summed E-state index contributed by atoms with van der Waals surface area (Å²) in [6.45, 7) is 2.35. The van der Waals surface area contributed by atoms with Crippen LogP contribution in [0.1, 0.15) is 12.5 Å². The number of nitrogens with one attached hydrogen (secondary N) is 2. The van der Waals surface area contributed by atoms with Crippen LogP contribution >= 0.6 is 11.6 Å². The van der Waals surface area contributed by atoms with E-state index in [1.165, 1.54) is 0 Å². The summed E-state index contributed by atoms with van der Waals surface area (Å²) in [6.07, 6.45) is 6.85. The highest BCUT2D eigenvalue weighted by Gasteiger charge is 2.17. The number of hydrogen-bond acceptors (Lipinski definition) is 6. The molecule has 6 nitrogen and oxygen atoms in total. The van der Waals surface area contributed by atoms with Crippen molar-refractivity contribution in [1.29, 1.82) is 0 Å². The van der Waals surface area contributed by atoms with Crippen LogP contribution in [0, 0.1) is 0 Å². The summed E-state index contributed by atoms with van der Waals surface area (Å²) in [7, 11) is 0. The lowest BCUT2D eigenvalue weighted by Crippen LogP contribution is -2.32. The van der Waals surface area contributed by atoms with Crippen molar-refractivity contribution in [3.05, 3.63) is 52.8 Å². The molecule has 0 saturated carbocycles. The molecule has 106 valence electrons. The molecule has 1 unspecified atom stereocenters. The molecule has 0 amide bonds. The Labute approximate surface area is 122 Å². The van der Waals surface area contributed by atoms with Crippen molar-refractivity contribution in [3.8, 4) is 0 Å². The van der Waals surface area contributed by atoms with Crippen LogP contribution in [0.4, 0.5) is 0 Å². The van der Waals surface area contributed by atoms with Gasteiger partial charge in [-0.05, 0) is 24.6 Å². The number of aromatic nitrogens is 1. The number of allylic oxidation sites excluding steroid dienone is 1. The fraction of sp³-hybridized carbons (Fsp3) is 0.231. The molecular weight excluding hydrogens is 278 g/mol. The quantitative estimate of drug-likeness (QED) is 0.564. The van der Waals surface area contributed by atoms with Gasteiger partial charge in [-0.2, -0.15) is 5.90 Å². The third-order valence-electron chi connectivity index (χ3n) is 2.71. The Morgan fingerprint density at radius 1 is 1.65 bits per heavy atom. The molecule has 0 radical (unpaired) electrons. The van der Waals surface area contributed by atoms with Crippen molar-refractivity contribution >= 4 is 17.9 Å². The van der Waals surface area contributed by atoms with Gasteiger partial charge in [-0.3, -0.25) is 9.98 Å². The number of hydrogen-bond donors (Lipinski definition) is 3. The molecule has 0 fully saturated rings. The Balaban J connectivity index is 2.05. The maximum Gasteiger partial charge on any atom is 0.122 e. The number of rotatable bonds is 5. The molecule has 1 aliphatic rings. The van der Waals surface area contributed by atoms with E-state index in [2.05, 4.69) is 25.4 Å². The second-order valence-corrected chi connectivity index (χ2v) is 4.61. The molecule has 1 aromatic heterocycles. The minimum absolute atomic E-state index is 0.308. The van der Waals surface area contributed by atoms with Gasteiger partial charge >= 0.3 is 0 Å². The number of nitrogens with two attached hydrogens (primary N) is 1. The molecule has 1 aliphatic heterocycles. The number of halogens is 1. The average Bonchev–Trinajstić information content (AvgIpc) is 2.49. The number of nitrogens with zero attached hydrogens (tertiary/aromatic N) is 2. The molecule has 0 bridgehead atoms. The minimum atomic E-state index is -0.308. The largest absolute Gasteiger partial charge is 0.417 e. The van der Waals surface area contributed by atoms with E-state index in [-0.39, 0.29) is 6.04 Å². The van der Waals surface area contributed by atoms with Crippen LogP contribution < -0.4 is 16.5 Å². The molecule has 0 aromatic carbocycles. The fourth-order valence-electron chi connectivity index (χ4n) is 1.67. The van der Waals surface area contributed by atoms with E-state index in [9.17, 15) is 0 Å². The molecule has 0 saturated heterocycles. The Morgan fingerprint density at radius 3 is 3.20 bits per heavy atom. The van der Waals surface area contributed by atoms with Crippen molar-refractivity contribution in [2.24, 2.45) is 10.9 Å². The second kappa shape index (κ2) is 6.93. The lowest BCUT2D eigenvalue weighted by Gasteiger charge is -2.20. The molecule has 7 heteroatoms. The maximum absolute atomic E-state index is 6.30. The second-order valence-electron chi connectivity index (χ2n) is 4.20. The Kier molecular flexibility index (Phi) is 4.97. The van der Waals surface area contributed by atoms with Gasteiger partial charge in [0.05, 0.1) is 11.4 Å². The van der Waals surface area contributed by atoms with E-state index in [1.807, 2.05) is 12.1 Å². The summed E-state index contributed by atoms with van der Waals surface area (Å²) in [5, 5.41) is 6.75. The van der Waals surface area contributed by atoms with E-state index in [0.717, 1.165) is 5.56 Å². The number of pyridine rings is 1. The monoisotopic (exact) mass is 293 g/mol. The fourth-order valence-corrected chi connectivity index (χ4v) is 1.91. The Bertz CT molecular complexity index is 541. The maximum atomic E-state index is 6.30. The van der Waals surface area contributed by atoms with Crippen LogP contribution in [-0.4, -0.2) is 17.4 Å². The van der Waals surface area contributed by atoms with Crippen LogP contribution in [-0.2, 0) is 11.4 Å². The summed E-state index contributed by atoms with van der Waals surface area (Å²) >= 11 is 6.30. The molecule has 0 spiro atoms. The molecular formula is C13H16ClN5O. The summed E-state index contributed by atoms with van der Waals surface area (Å²) in [4.78, 5) is 12.9. The first-order valence-corrected chi connectivity index (χ1v) is 6.44. The molecule has 2 heterocycles. The highest BCUT2D eigenvalue weighted by Crippen LogP contribution is 2.19. The van der Waals surface area contributed by atoms with E-state index in [4.69, 9.17) is 17.5 Å². The lowest BCUT2D eigenvalue weighted by atomic mass is 10.2. The highest BCUT2D eigenvalue weighted by atomic mass is 35.5. The first-order valence-electron chi connectivity index (χ1n) is 6.06. The van der Waals surface area contributed by atoms with Crippen LogP contribution in [0.3, 0.4) is 0 Å². The molecule has 1 aromatic rings. The first kappa shape index (κ1) is 14.4. The zero-order valence-corrected chi connectivity index (χ0v) is 11.8. The van der Waals surface area contributed by atoms with Gasteiger partial charge < -0.3 is 15.5 Å². The summed E-state index contributed by atoms with van der Waals surface area (Å²) in [6, 6.07) is 3.56. The zero-order chi connectivity index (χ0) is 14.4. The summed E-state index contributed by atoms with van der Waals surface area (Å²) in [5.74, 6) is 6.35. The Hall–Kier alpha value is -2.05. The standard InChI is InChI=1S/C13H16ClN5O/c1-9(20-15)5-11-12(14)13(19-8-18-11)17-7-10-3-2-4-16-6-10/h2-6,8,11,17H,7,15H2,1H3,(H,18,19)/b9-5+. The van der Waals surface area contributed by atoms with Gasteiger partial charge in [0, 0.05) is 18.9 Å². The molecule has 2 rings (SSSR count). The van der Waals surface area contributed by atoms with Gasteiger partial charge in [-0.25, -0.2) is 0 Å². The van der Waals surface area contributed by atoms with Crippen molar-refractivity contribution in [2.75, 3.05) is 0 Å². The van der Waals surface area contributed by atoms with Crippen LogP contribution in [0.2, 0.25) is 0 Å². The van der Waals surface area contributed by atoms with Gasteiger partial charge in [0.15, 0.2) is 0 Å². The summed E-state index contributed by atoms with van der Waals surface area (Å²) in [5.41, 5.74) is 1.06. The SMILES string of the molecule is C/C(=C\C1N=CNC(NCc2cccnc2)=C1Cl)ON. The highest BCUT2D eigenvalue weighted by molar-refractivity contribution is 6.31. The van der Waals surface area contributed by atoms with E-state index in [0.29, 0.717) is 23.2 Å². The van der Waals surface area contributed by atoms with Gasteiger partial charge in [0.1, 0.15) is 17.6 Å². The predicted octanol–water partition coefficient (Wildman–Crippen LogP) is 1.37. The van der Waals surface area contributed by atoms with Gasteiger partial charge in [-0.15, -0.1) is 0 Å². The smallest absolute Gasteiger partial charge is 0.122 e. The minimum Gasteiger partial charge on any atom is -0.417 e. The van der Waals surface area contributed by atoms with E-state index in [1.54, 1.807) is 31.7 Å². The normalized spacial score (nSPS) is 18.8. The topological polar surface area (TPSA) is 84.6 Å². The van der Waals surface area contributed by atoms with Crippen molar-refractivity contribution in [3.63, 3.8) is 0 Å². The van der Waals surface area contributed by atoms with Crippen molar-refractivity contribution < 1.29 is 4.84 Å². The first-order chi connectivity index (χ1) is 9.70. The summed E-state index contributed by atoms with van der Waals surface area (Å²) < 4.78 is 0. The average molecular weight is 294 g/mol. The third kappa shape index (κ3) is 3.72. The molecule has 4 N–H and O–H groups in total. The molecule has 20 heavy (non-hydrogen) atoms. The van der Waals surface area contributed by atoms with Crippen molar-refractivity contribution in [1.82, 2.24) is 15.6 Å². The van der Waals surface area contributed by atoms with Crippen LogP contribution in [0.25, 0.3) is 0 Å². The zero-order valence-electron chi connectivity index (χ0n) is 11.0. The van der Waals surface area contributed by atoms with Gasteiger partial charge in [0.25, 0.3) is 0 Å². The van der Waals surface area contributed by atoms with Crippen LogP contribution in [0.15, 0.2) is 52.2 Å². The lowest BCUT2D eigenvalue weighted by molar-refractivity contribution is 0.221. The number of aliphatic imine (C=N–C) groups is 1. The van der Waals surface area contributed by atoms with Gasteiger partial charge in [0.2, 0.25) is 0 Å². The third-order valence-corrected chi connectivity index (χ3v) is 3.13. The molecule has 1 atom stereocenters. The molecule has 0 aliphatic carbocycles. The Morgan fingerprint density at radius 2 is 2.50 bits per heavy atom. The van der Waals surface area contributed by atoms with Crippen molar-refractivity contribution in [2.45, 2.75) is 19.5 Å². The predicted molar refractivity (Wildman–Crippen MR) is 78.4 cm³/mol. The van der Waals surface area contributed by atoms with E-state index >= 15 is 0 Å². The van der Waals surface area contributed by atoms with E-state index < -0.39 is 0 Å².